The summed E-state index contributed by atoms with van der Waals surface area (Å²) in [6.07, 6.45) is 0. The highest BCUT2D eigenvalue weighted by Gasteiger charge is 2.17. The van der Waals surface area contributed by atoms with E-state index in [1.54, 1.807) is 5.38 Å². The summed E-state index contributed by atoms with van der Waals surface area (Å²) in [7, 11) is 1.42. The number of amides is 2. The van der Waals surface area contributed by atoms with Crippen molar-refractivity contribution >= 4 is 34.1 Å². The molecule has 8 nitrogen and oxygen atoms in total. The summed E-state index contributed by atoms with van der Waals surface area (Å²) in [6, 6.07) is 5.52. The summed E-state index contributed by atoms with van der Waals surface area (Å²) in [5.41, 5.74) is 5.24. The molecule has 0 bridgehead atoms. The Morgan fingerprint density at radius 3 is 2.62 bits per heavy atom. The highest BCUT2D eigenvalue weighted by molar-refractivity contribution is 7.14. The molecule has 0 spiro atoms. The molecule has 0 saturated heterocycles. The number of hydrogen-bond acceptors (Lipinski definition) is 7. The Morgan fingerprint density at radius 2 is 2.00 bits per heavy atom. The van der Waals surface area contributed by atoms with Crippen LogP contribution in [0.3, 0.4) is 0 Å². The third-order valence-electron chi connectivity index (χ3n) is 2.94. The van der Waals surface area contributed by atoms with E-state index in [4.69, 9.17) is 15.2 Å². The molecule has 4 N–H and O–H groups in total. The van der Waals surface area contributed by atoms with Gasteiger partial charge in [-0.25, -0.2) is 4.79 Å². The molecule has 0 unspecified atom stereocenters. The van der Waals surface area contributed by atoms with Gasteiger partial charge in [-0.05, 0) is 23.6 Å². The fourth-order valence-corrected chi connectivity index (χ4v) is 2.59. The van der Waals surface area contributed by atoms with Crippen LogP contribution in [0.2, 0.25) is 0 Å². The van der Waals surface area contributed by atoms with Gasteiger partial charge in [-0.2, -0.15) is 0 Å². The van der Waals surface area contributed by atoms with Crippen molar-refractivity contribution in [3.8, 4) is 11.5 Å². The van der Waals surface area contributed by atoms with Gasteiger partial charge in [-0.1, -0.05) is 0 Å². The van der Waals surface area contributed by atoms with Gasteiger partial charge in [0.05, 0.1) is 12.7 Å². The van der Waals surface area contributed by atoms with E-state index in [1.165, 1.54) is 31.4 Å². The largest absolute Gasteiger partial charge is 0.507 e. The van der Waals surface area contributed by atoms with Crippen LogP contribution in [0, 0.1) is 0 Å². The molecule has 0 aliphatic carbocycles. The molecule has 126 valence electrons. The van der Waals surface area contributed by atoms with E-state index >= 15 is 0 Å². The van der Waals surface area contributed by atoms with Crippen LogP contribution in [-0.4, -0.2) is 36.6 Å². The van der Waals surface area contributed by atoms with Gasteiger partial charge < -0.3 is 25.6 Å². The van der Waals surface area contributed by atoms with E-state index in [1.807, 2.05) is 0 Å². The molecule has 1 heterocycles. The Morgan fingerprint density at radius 1 is 1.25 bits per heavy atom. The Labute approximate surface area is 140 Å². The van der Waals surface area contributed by atoms with Crippen molar-refractivity contribution in [3.05, 3.63) is 40.8 Å². The van der Waals surface area contributed by atoms with Crippen LogP contribution in [0.4, 0.5) is 5.00 Å². The first-order valence-electron chi connectivity index (χ1n) is 6.63. The van der Waals surface area contributed by atoms with E-state index in [-0.39, 0.29) is 21.9 Å². The van der Waals surface area contributed by atoms with Crippen molar-refractivity contribution in [2.24, 2.45) is 5.73 Å². The third kappa shape index (κ3) is 4.02. The molecule has 1 aromatic carbocycles. The second-order valence-electron chi connectivity index (χ2n) is 4.54. The zero-order valence-electron chi connectivity index (χ0n) is 12.6. The van der Waals surface area contributed by atoms with Crippen molar-refractivity contribution in [1.29, 1.82) is 0 Å². The van der Waals surface area contributed by atoms with Crippen molar-refractivity contribution in [3.63, 3.8) is 0 Å². The molecule has 0 saturated carbocycles. The maximum Gasteiger partial charge on any atom is 0.342 e. The van der Waals surface area contributed by atoms with Gasteiger partial charge in [-0.15, -0.1) is 11.3 Å². The van der Waals surface area contributed by atoms with Crippen LogP contribution in [0.25, 0.3) is 0 Å². The van der Waals surface area contributed by atoms with Crippen molar-refractivity contribution < 1.29 is 29.0 Å². The number of aromatic hydroxyl groups is 1. The van der Waals surface area contributed by atoms with Gasteiger partial charge in [0.2, 0.25) is 0 Å². The minimum atomic E-state index is -0.869. The topological polar surface area (TPSA) is 128 Å². The molecule has 2 amide bonds. The first-order chi connectivity index (χ1) is 11.4. The molecule has 24 heavy (non-hydrogen) atoms. The van der Waals surface area contributed by atoms with Gasteiger partial charge in [0, 0.05) is 6.07 Å². The summed E-state index contributed by atoms with van der Waals surface area (Å²) < 4.78 is 9.73. The van der Waals surface area contributed by atoms with Crippen LogP contribution in [0.5, 0.6) is 11.5 Å². The number of rotatable bonds is 6. The predicted molar refractivity (Wildman–Crippen MR) is 86.4 cm³/mol. The average molecular weight is 350 g/mol. The molecule has 9 heteroatoms. The molecule has 2 aromatic rings. The molecule has 0 aliphatic rings. The number of phenolic OH excluding ortho intramolecular Hbond substituents is 1. The molecule has 0 fully saturated rings. The lowest BCUT2D eigenvalue weighted by molar-refractivity contribution is -0.119. The molecular formula is C15H14N2O6S. The first-order valence-corrected chi connectivity index (χ1v) is 7.51. The fourth-order valence-electron chi connectivity index (χ4n) is 1.78. The number of ether oxygens (including phenoxy) is 2. The Hall–Kier alpha value is -3.07. The summed E-state index contributed by atoms with van der Waals surface area (Å²) in [5, 5.41) is 14.0. The number of anilines is 1. The number of benzene rings is 1. The lowest BCUT2D eigenvalue weighted by Gasteiger charge is -2.08. The zero-order valence-corrected chi connectivity index (χ0v) is 13.4. The smallest absolute Gasteiger partial charge is 0.342 e. The average Bonchev–Trinajstić information content (AvgIpc) is 3.00. The number of hydrogen-bond donors (Lipinski definition) is 3. The van der Waals surface area contributed by atoms with Gasteiger partial charge in [0.25, 0.3) is 11.8 Å². The van der Waals surface area contributed by atoms with Crippen molar-refractivity contribution in [2.45, 2.75) is 0 Å². The van der Waals surface area contributed by atoms with Crippen LogP contribution >= 0.6 is 11.3 Å². The normalized spacial score (nSPS) is 10.0. The lowest BCUT2D eigenvalue weighted by atomic mass is 10.2. The van der Waals surface area contributed by atoms with Crippen molar-refractivity contribution in [2.75, 3.05) is 19.0 Å². The van der Waals surface area contributed by atoms with Crippen LogP contribution in [0.1, 0.15) is 20.7 Å². The number of esters is 1. The molecule has 2 rings (SSSR count). The Kier molecular flexibility index (Phi) is 5.38. The number of thiophene rings is 1. The highest BCUT2D eigenvalue weighted by atomic mass is 32.1. The maximum absolute atomic E-state index is 11.9. The second kappa shape index (κ2) is 7.47. The van der Waals surface area contributed by atoms with Gasteiger partial charge >= 0.3 is 5.97 Å². The number of phenols is 1. The number of primary amides is 1. The third-order valence-corrected chi connectivity index (χ3v) is 3.77. The summed E-state index contributed by atoms with van der Waals surface area (Å²) in [5.74, 6) is -2.13. The Balaban J connectivity index is 1.95. The number of carbonyl (C=O) groups excluding carboxylic acids is 3. The molecule has 1 aromatic heterocycles. The van der Waals surface area contributed by atoms with Crippen LogP contribution in [-0.2, 0) is 9.53 Å². The zero-order chi connectivity index (χ0) is 17.7. The fraction of sp³-hybridized carbons (Fsp3) is 0.133. The van der Waals surface area contributed by atoms with Crippen molar-refractivity contribution in [1.82, 2.24) is 0 Å². The van der Waals surface area contributed by atoms with Crippen LogP contribution < -0.4 is 15.8 Å². The summed E-state index contributed by atoms with van der Waals surface area (Å²) in [6.45, 7) is -0.583. The molecule has 0 aliphatic heterocycles. The highest BCUT2D eigenvalue weighted by Crippen LogP contribution is 2.24. The number of nitrogens with two attached hydrogens (primary N) is 1. The SMILES string of the molecule is COc1ccc(C(=O)OCC(=O)Nc2sccc2C(N)=O)c(O)c1. The minimum absolute atomic E-state index is 0.0995. The summed E-state index contributed by atoms with van der Waals surface area (Å²) in [4.78, 5) is 34.8. The minimum Gasteiger partial charge on any atom is -0.507 e. The molecular weight excluding hydrogens is 336 g/mol. The van der Waals surface area contributed by atoms with Gasteiger partial charge in [0.1, 0.15) is 22.1 Å². The quantitative estimate of drug-likeness (QED) is 0.675. The predicted octanol–water partition coefficient (Wildman–Crippen LogP) is 1.36. The van der Waals surface area contributed by atoms with E-state index in [2.05, 4.69) is 5.32 Å². The second-order valence-corrected chi connectivity index (χ2v) is 5.45. The van der Waals surface area contributed by atoms with E-state index in [9.17, 15) is 19.5 Å². The number of nitrogens with one attached hydrogen (secondary N) is 1. The lowest BCUT2D eigenvalue weighted by Crippen LogP contribution is -2.22. The van der Waals surface area contributed by atoms with E-state index < -0.39 is 24.4 Å². The van der Waals surface area contributed by atoms with Gasteiger partial charge in [0.15, 0.2) is 6.61 Å². The number of methoxy groups -OCH3 is 1. The molecule has 0 radical (unpaired) electrons. The van der Waals surface area contributed by atoms with Gasteiger partial charge in [-0.3, -0.25) is 9.59 Å². The van der Waals surface area contributed by atoms with E-state index in [0.29, 0.717) is 5.75 Å². The maximum atomic E-state index is 11.9. The number of carbonyl (C=O) groups is 3. The summed E-state index contributed by atoms with van der Waals surface area (Å²) >= 11 is 1.12. The monoisotopic (exact) mass is 350 g/mol. The van der Waals surface area contributed by atoms with Crippen LogP contribution in [0.15, 0.2) is 29.6 Å². The van der Waals surface area contributed by atoms with E-state index in [0.717, 1.165) is 11.3 Å². The first kappa shape index (κ1) is 17.3. The molecule has 0 atom stereocenters. The Bertz CT molecular complexity index is 786. The standard InChI is InChI=1S/C15H14N2O6S/c1-22-8-2-3-9(11(18)6-8)15(21)23-7-12(19)17-14-10(13(16)20)4-5-24-14/h2-6,18H,7H2,1H3,(H2,16,20)(H,17,19).